The Morgan fingerprint density at radius 2 is 1.90 bits per heavy atom. The zero-order valence-corrected chi connectivity index (χ0v) is 13.5. The van der Waals surface area contributed by atoms with E-state index in [1.54, 1.807) is 0 Å². The van der Waals surface area contributed by atoms with Crippen molar-refractivity contribution in [1.29, 1.82) is 0 Å². The summed E-state index contributed by atoms with van der Waals surface area (Å²) in [5, 5.41) is 4.50. The minimum atomic E-state index is -0.635. The van der Waals surface area contributed by atoms with Gasteiger partial charge in [-0.25, -0.2) is 0 Å². The number of carbonyl (C=O) groups is 1. The number of Topliss-reactive ketones (excluding diaryl/α,β-unsaturated/α-hetero) is 1. The lowest BCUT2D eigenvalue weighted by atomic mass is 9.89. The summed E-state index contributed by atoms with van der Waals surface area (Å²) in [7, 11) is 0. The summed E-state index contributed by atoms with van der Waals surface area (Å²) in [5.74, 6) is 0.168. The van der Waals surface area contributed by atoms with Crippen LogP contribution in [0.5, 0.6) is 0 Å². The number of ketones is 1. The number of carbonyl (C=O) groups excluding carboxylic acids is 1. The van der Waals surface area contributed by atoms with E-state index in [-0.39, 0.29) is 5.78 Å². The number of hydrogen-bond acceptors (Lipinski definition) is 3. The summed E-state index contributed by atoms with van der Waals surface area (Å²) in [6, 6.07) is 2.05. The van der Waals surface area contributed by atoms with Gasteiger partial charge in [0.1, 0.15) is 5.60 Å². The Bertz CT molecular complexity index is 434. The van der Waals surface area contributed by atoms with E-state index < -0.39 is 5.60 Å². The molecule has 0 aliphatic heterocycles. The van der Waals surface area contributed by atoms with Crippen LogP contribution >= 0.6 is 0 Å². The fourth-order valence-electron chi connectivity index (χ4n) is 2.63. The quantitative estimate of drug-likeness (QED) is 0.698. The van der Waals surface area contributed by atoms with Gasteiger partial charge >= 0.3 is 0 Å². The van der Waals surface area contributed by atoms with Gasteiger partial charge in [-0.1, -0.05) is 20.8 Å². The summed E-state index contributed by atoms with van der Waals surface area (Å²) in [6.07, 6.45) is 2.74. The molecule has 0 radical (unpaired) electrons. The second kappa shape index (κ2) is 7.58. The average molecular weight is 280 g/mol. The largest absolute Gasteiger partial charge is 0.368 e. The topological polar surface area (TPSA) is 44.1 Å². The van der Waals surface area contributed by atoms with Gasteiger partial charge in [0.15, 0.2) is 5.78 Å². The highest BCUT2D eigenvalue weighted by molar-refractivity contribution is 5.88. The summed E-state index contributed by atoms with van der Waals surface area (Å²) < 4.78 is 7.72. The predicted octanol–water partition coefficient (Wildman–Crippen LogP) is 3.17. The summed E-state index contributed by atoms with van der Waals surface area (Å²) in [6.45, 7) is 11.5. The molecule has 20 heavy (non-hydrogen) atoms. The summed E-state index contributed by atoms with van der Waals surface area (Å²) in [4.78, 5) is 12.7. The smallest absolute Gasteiger partial charge is 0.170 e. The van der Waals surface area contributed by atoms with Crippen LogP contribution in [0.25, 0.3) is 0 Å². The van der Waals surface area contributed by atoms with E-state index in [0.29, 0.717) is 13.0 Å². The van der Waals surface area contributed by atoms with E-state index in [2.05, 4.69) is 18.9 Å². The van der Waals surface area contributed by atoms with Gasteiger partial charge in [-0.05, 0) is 39.2 Å². The number of aryl methyl sites for hydroxylation is 2. The van der Waals surface area contributed by atoms with Crippen LogP contribution in [0.4, 0.5) is 0 Å². The van der Waals surface area contributed by atoms with Gasteiger partial charge in [0.05, 0.1) is 12.1 Å². The van der Waals surface area contributed by atoms with Crippen molar-refractivity contribution < 1.29 is 9.53 Å². The molecule has 0 aromatic carbocycles. The number of aromatic nitrogens is 2. The van der Waals surface area contributed by atoms with Crippen LogP contribution in [0.1, 0.15) is 58.8 Å². The molecule has 0 aliphatic rings. The normalized spacial score (nSPS) is 11.8. The maximum Gasteiger partial charge on any atom is 0.170 e. The first-order valence-corrected chi connectivity index (χ1v) is 7.79. The highest BCUT2D eigenvalue weighted by Crippen LogP contribution is 2.24. The Morgan fingerprint density at radius 3 is 2.35 bits per heavy atom. The first kappa shape index (κ1) is 16.9. The monoisotopic (exact) mass is 280 g/mol. The van der Waals surface area contributed by atoms with E-state index in [1.807, 2.05) is 31.5 Å². The minimum Gasteiger partial charge on any atom is -0.368 e. The van der Waals surface area contributed by atoms with Crippen LogP contribution in [0.15, 0.2) is 6.07 Å². The molecule has 0 N–H and O–H groups in total. The molecule has 114 valence electrons. The molecule has 0 fully saturated rings. The SMILES string of the molecule is CCOC(CC)(CC)C(=O)Cc1cc(CC)nn1CC. The highest BCUT2D eigenvalue weighted by Gasteiger charge is 2.35. The fraction of sp³-hybridized carbons (Fsp3) is 0.750. The third-order valence-corrected chi connectivity index (χ3v) is 3.99. The summed E-state index contributed by atoms with van der Waals surface area (Å²) >= 11 is 0. The molecule has 0 saturated heterocycles. The molecule has 0 atom stereocenters. The summed E-state index contributed by atoms with van der Waals surface area (Å²) in [5.41, 5.74) is 1.41. The van der Waals surface area contributed by atoms with E-state index in [0.717, 1.165) is 37.2 Å². The van der Waals surface area contributed by atoms with Gasteiger partial charge in [0, 0.05) is 18.8 Å². The van der Waals surface area contributed by atoms with Crippen molar-refractivity contribution >= 4 is 5.78 Å². The fourth-order valence-corrected chi connectivity index (χ4v) is 2.63. The lowest BCUT2D eigenvalue weighted by molar-refractivity contribution is -0.144. The van der Waals surface area contributed by atoms with Crippen molar-refractivity contribution in [3.63, 3.8) is 0 Å². The van der Waals surface area contributed by atoms with E-state index in [9.17, 15) is 4.79 Å². The molecule has 1 rings (SSSR count). The molecule has 0 spiro atoms. The molecule has 0 saturated carbocycles. The van der Waals surface area contributed by atoms with Crippen molar-refractivity contribution in [2.75, 3.05) is 6.61 Å². The van der Waals surface area contributed by atoms with Crippen molar-refractivity contribution in [1.82, 2.24) is 9.78 Å². The Balaban J connectivity index is 2.95. The molecule has 1 aromatic heterocycles. The third-order valence-electron chi connectivity index (χ3n) is 3.99. The minimum absolute atomic E-state index is 0.168. The van der Waals surface area contributed by atoms with Crippen molar-refractivity contribution in [2.24, 2.45) is 0 Å². The molecule has 0 aliphatic carbocycles. The Kier molecular flexibility index (Phi) is 6.40. The van der Waals surface area contributed by atoms with Crippen molar-refractivity contribution in [3.8, 4) is 0 Å². The van der Waals surface area contributed by atoms with Crippen LogP contribution in [-0.2, 0) is 28.9 Å². The van der Waals surface area contributed by atoms with Crippen LogP contribution in [0, 0.1) is 0 Å². The molecule has 1 heterocycles. The second-order valence-electron chi connectivity index (χ2n) is 5.03. The van der Waals surface area contributed by atoms with Gasteiger partial charge < -0.3 is 4.74 Å². The molecule has 1 aromatic rings. The maximum absolute atomic E-state index is 12.7. The van der Waals surface area contributed by atoms with Crippen molar-refractivity contribution in [2.45, 2.75) is 72.4 Å². The standard InChI is InChI=1S/C16H28N2O2/c1-6-13-11-14(18(9-4)17-13)12-15(19)16(7-2,8-3)20-10-5/h11H,6-10,12H2,1-5H3. The lowest BCUT2D eigenvalue weighted by Gasteiger charge is -2.30. The van der Waals surface area contributed by atoms with Crippen LogP contribution < -0.4 is 0 Å². The highest BCUT2D eigenvalue weighted by atomic mass is 16.5. The number of ether oxygens (including phenoxy) is 1. The molecular weight excluding hydrogens is 252 g/mol. The molecule has 0 amide bonds. The van der Waals surface area contributed by atoms with Gasteiger partial charge in [-0.15, -0.1) is 0 Å². The molecule has 4 nitrogen and oxygen atoms in total. The van der Waals surface area contributed by atoms with Crippen LogP contribution in [0.2, 0.25) is 0 Å². The number of hydrogen-bond donors (Lipinski definition) is 0. The zero-order valence-electron chi connectivity index (χ0n) is 13.5. The molecule has 4 heteroatoms. The van der Waals surface area contributed by atoms with Gasteiger partial charge in [-0.3, -0.25) is 9.48 Å². The molecule has 0 unspecified atom stereocenters. The van der Waals surface area contributed by atoms with Crippen molar-refractivity contribution in [3.05, 3.63) is 17.5 Å². The first-order valence-electron chi connectivity index (χ1n) is 7.79. The van der Waals surface area contributed by atoms with Gasteiger partial charge in [0.2, 0.25) is 0 Å². The Hall–Kier alpha value is -1.16. The van der Waals surface area contributed by atoms with E-state index in [4.69, 9.17) is 4.74 Å². The van der Waals surface area contributed by atoms with Crippen LogP contribution in [-0.4, -0.2) is 27.8 Å². The molecule has 0 bridgehead atoms. The Morgan fingerprint density at radius 1 is 1.25 bits per heavy atom. The van der Waals surface area contributed by atoms with E-state index in [1.165, 1.54) is 0 Å². The lowest BCUT2D eigenvalue weighted by Crippen LogP contribution is -2.42. The number of nitrogens with zero attached hydrogens (tertiary/aromatic N) is 2. The second-order valence-corrected chi connectivity index (χ2v) is 5.03. The molecular formula is C16H28N2O2. The van der Waals surface area contributed by atoms with Gasteiger partial charge in [-0.2, -0.15) is 5.10 Å². The first-order chi connectivity index (χ1) is 9.56. The van der Waals surface area contributed by atoms with Crippen LogP contribution in [0.3, 0.4) is 0 Å². The average Bonchev–Trinajstić information content (AvgIpc) is 2.86. The van der Waals surface area contributed by atoms with Gasteiger partial charge in [0.25, 0.3) is 0 Å². The maximum atomic E-state index is 12.7. The third kappa shape index (κ3) is 3.48. The predicted molar refractivity (Wildman–Crippen MR) is 80.9 cm³/mol. The number of rotatable bonds is 9. The zero-order chi connectivity index (χ0) is 15.2. The Labute approximate surface area is 122 Å². The van der Waals surface area contributed by atoms with E-state index >= 15 is 0 Å².